The highest BCUT2D eigenvalue weighted by atomic mass is 32.2. The predicted octanol–water partition coefficient (Wildman–Crippen LogP) is 4.63. The number of nitrogens with one attached hydrogen (secondary N) is 2. The third-order valence-electron chi connectivity index (χ3n) is 6.69. The lowest BCUT2D eigenvalue weighted by Gasteiger charge is -2.35. The third-order valence-corrected chi connectivity index (χ3v) is 7.50. The number of benzene rings is 2. The second-order valence-electron chi connectivity index (χ2n) is 8.88. The molecule has 0 bridgehead atoms. The molecule has 2 heterocycles. The molecule has 2 fully saturated rings. The molecule has 1 aliphatic heterocycles. The van der Waals surface area contributed by atoms with Crippen LogP contribution >= 0.6 is 11.8 Å². The molecule has 2 aromatic carbocycles. The molecule has 2 aliphatic rings. The van der Waals surface area contributed by atoms with Crippen LogP contribution in [-0.2, 0) is 11.3 Å². The highest BCUT2D eigenvalue weighted by molar-refractivity contribution is 8.18. The van der Waals surface area contributed by atoms with Gasteiger partial charge in [0.25, 0.3) is 11.1 Å². The molecule has 0 radical (unpaired) electrons. The number of hydrogen-bond donors (Lipinski definition) is 2. The van der Waals surface area contributed by atoms with Gasteiger partial charge in [-0.25, -0.2) is 14.4 Å². The van der Waals surface area contributed by atoms with Gasteiger partial charge >= 0.3 is 0 Å². The van der Waals surface area contributed by atoms with Gasteiger partial charge in [0.15, 0.2) is 0 Å². The van der Waals surface area contributed by atoms with Crippen LogP contribution in [0.4, 0.5) is 15.1 Å². The second kappa shape index (κ2) is 10.1. The minimum Gasteiger partial charge on any atom is -0.341 e. The van der Waals surface area contributed by atoms with E-state index in [1.54, 1.807) is 24.4 Å². The maximum atomic E-state index is 14.1. The van der Waals surface area contributed by atoms with Crippen molar-refractivity contribution in [2.75, 3.05) is 11.9 Å². The molecular formula is C26H26FN5O2S. The fourth-order valence-corrected chi connectivity index (χ4v) is 5.40. The van der Waals surface area contributed by atoms with Crippen LogP contribution in [0.3, 0.4) is 0 Å². The topological polar surface area (TPSA) is 87.2 Å². The Morgan fingerprint density at radius 3 is 2.63 bits per heavy atom. The number of anilines is 1. The van der Waals surface area contributed by atoms with E-state index < -0.39 is 5.91 Å². The molecule has 0 unspecified atom stereocenters. The van der Waals surface area contributed by atoms with Crippen molar-refractivity contribution < 1.29 is 14.0 Å². The zero-order chi connectivity index (χ0) is 24.4. The van der Waals surface area contributed by atoms with Crippen molar-refractivity contribution in [2.24, 2.45) is 0 Å². The highest BCUT2D eigenvalue weighted by Crippen LogP contribution is 2.28. The van der Waals surface area contributed by atoms with Gasteiger partial charge in [-0.05, 0) is 66.6 Å². The monoisotopic (exact) mass is 491 g/mol. The molecule has 1 saturated carbocycles. The van der Waals surface area contributed by atoms with Crippen LogP contribution in [0.5, 0.6) is 0 Å². The number of halogens is 1. The van der Waals surface area contributed by atoms with E-state index in [0.29, 0.717) is 40.6 Å². The van der Waals surface area contributed by atoms with E-state index in [-0.39, 0.29) is 11.1 Å². The normalized spacial score (nSPS) is 21.5. The molecule has 1 aliphatic carbocycles. The zero-order valence-corrected chi connectivity index (χ0v) is 20.1. The summed E-state index contributed by atoms with van der Waals surface area (Å²) in [6.45, 7) is 0.708. The smallest absolute Gasteiger partial charge is 0.290 e. The van der Waals surface area contributed by atoms with Crippen molar-refractivity contribution >= 4 is 45.7 Å². The van der Waals surface area contributed by atoms with Gasteiger partial charge in [-0.2, -0.15) is 0 Å². The largest absolute Gasteiger partial charge is 0.341 e. The number of hydrogen-bond acceptors (Lipinski definition) is 7. The number of carbonyl (C=O) groups is 2. The molecule has 1 saturated heterocycles. The molecule has 7 nitrogen and oxygen atoms in total. The fourth-order valence-electron chi connectivity index (χ4n) is 4.73. The summed E-state index contributed by atoms with van der Waals surface area (Å²) in [7, 11) is 2.00. The Morgan fingerprint density at radius 2 is 1.89 bits per heavy atom. The van der Waals surface area contributed by atoms with Gasteiger partial charge in [0.05, 0.1) is 10.6 Å². The maximum absolute atomic E-state index is 14.1. The summed E-state index contributed by atoms with van der Waals surface area (Å²) in [5.41, 5.74) is 1.70. The van der Waals surface area contributed by atoms with Crippen molar-refractivity contribution in [2.45, 2.75) is 44.3 Å². The SMILES string of the molecule is CN(c1nccc(/C=C2\SC(=O)NC2=O)n1)[C@H]1CC[C@H](NCc2ccc(F)c3ccccc23)CC1. The summed E-state index contributed by atoms with van der Waals surface area (Å²) >= 11 is 0.877. The standard InChI is InChI=1S/C26H26FN5O2S/c1-32(25-28-13-12-18(30-25)14-23-24(33)31-26(34)35-23)19-9-7-17(8-10-19)29-15-16-6-11-22(27)21-5-3-2-4-20(16)21/h2-6,11-14,17,19,29H,7-10,15H2,1H3,(H,31,33,34)/b23-14-/t17-,19-. The first-order valence-corrected chi connectivity index (χ1v) is 12.5. The molecule has 5 rings (SSSR count). The van der Waals surface area contributed by atoms with Crippen molar-refractivity contribution in [3.63, 3.8) is 0 Å². The number of rotatable bonds is 6. The van der Waals surface area contributed by atoms with E-state index in [9.17, 15) is 14.0 Å². The van der Waals surface area contributed by atoms with E-state index in [1.165, 1.54) is 0 Å². The summed E-state index contributed by atoms with van der Waals surface area (Å²) in [6, 6.07) is 13.5. The van der Waals surface area contributed by atoms with Crippen LogP contribution in [0.1, 0.15) is 36.9 Å². The summed E-state index contributed by atoms with van der Waals surface area (Å²) in [6.07, 6.45) is 7.34. The van der Waals surface area contributed by atoms with Crippen LogP contribution in [0.15, 0.2) is 53.6 Å². The van der Waals surface area contributed by atoms with E-state index in [0.717, 1.165) is 48.4 Å². The van der Waals surface area contributed by atoms with Crippen LogP contribution in [0.2, 0.25) is 0 Å². The van der Waals surface area contributed by atoms with Gasteiger partial charge in [-0.1, -0.05) is 30.3 Å². The van der Waals surface area contributed by atoms with Gasteiger partial charge in [0, 0.05) is 37.3 Å². The first-order chi connectivity index (χ1) is 17.0. The number of amides is 2. The van der Waals surface area contributed by atoms with Gasteiger partial charge in [0.1, 0.15) is 5.82 Å². The number of thioether (sulfide) groups is 1. The van der Waals surface area contributed by atoms with E-state index in [1.807, 2.05) is 37.4 Å². The lowest BCUT2D eigenvalue weighted by Crippen LogP contribution is -2.41. The summed E-state index contributed by atoms with van der Waals surface area (Å²) in [5, 5.41) is 7.16. The number of carbonyl (C=O) groups excluding carboxylic acids is 2. The zero-order valence-electron chi connectivity index (χ0n) is 19.3. The molecule has 35 heavy (non-hydrogen) atoms. The molecule has 1 aromatic heterocycles. The average molecular weight is 492 g/mol. The molecule has 3 aromatic rings. The number of imide groups is 1. The van der Waals surface area contributed by atoms with Crippen LogP contribution in [0.25, 0.3) is 16.8 Å². The van der Waals surface area contributed by atoms with Crippen molar-refractivity contribution in [3.8, 4) is 0 Å². The second-order valence-corrected chi connectivity index (χ2v) is 9.90. The Labute approximate surface area is 207 Å². The van der Waals surface area contributed by atoms with Crippen LogP contribution in [-0.4, -0.2) is 40.2 Å². The van der Waals surface area contributed by atoms with Crippen molar-refractivity contribution in [1.82, 2.24) is 20.6 Å². The molecule has 0 spiro atoms. The molecule has 180 valence electrons. The summed E-state index contributed by atoms with van der Waals surface area (Å²) in [5.74, 6) is 0.0189. The summed E-state index contributed by atoms with van der Waals surface area (Å²) < 4.78 is 14.1. The van der Waals surface area contributed by atoms with Gasteiger partial charge in [-0.3, -0.25) is 14.9 Å². The maximum Gasteiger partial charge on any atom is 0.290 e. The third kappa shape index (κ3) is 5.21. The molecule has 9 heteroatoms. The van der Waals surface area contributed by atoms with Gasteiger partial charge in [-0.15, -0.1) is 0 Å². The first kappa shape index (κ1) is 23.4. The van der Waals surface area contributed by atoms with Crippen LogP contribution < -0.4 is 15.5 Å². The van der Waals surface area contributed by atoms with Crippen molar-refractivity contribution in [3.05, 3.63) is 70.6 Å². The fraction of sp³-hybridized carbons (Fsp3) is 0.308. The predicted molar refractivity (Wildman–Crippen MR) is 136 cm³/mol. The first-order valence-electron chi connectivity index (χ1n) is 11.7. The average Bonchev–Trinajstić information content (AvgIpc) is 3.20. The number of aromatic nitrogens is 2. The lowest BCUT2D eigenvalue weighted by atomic mass is 9.90. The highest BCUT2D eigenvalue weighted by Gasteiger charge is 2.27. The Balaban J connectivity index is 1.18. The van der Waals surface area contributed by atoms with Gasteiger partial charge in [0.2, 0.25) is 5.95 Å². The number of nitrogens with zero attached hydrogens (tertiary/aromatic N) is 3. The van der Waals surface area contributed by atoms with E-state index in [4.69, 9.17) is 0 Å². The Kier molecular flexibility index (Phi) is 6.79. The van der Waals surface area contributed by atoms with E-state index >= 15 is 0 Å². The van der Waals surface area contributed by atoms with Crippen LogP contribution in [0, 0.1) is 5.82 Å². The Morgan fingerprint density at radius 1 is 1.11 bits per heavy atom. The summed E-state index contributed by atoms with van der Waals surface area (Å²) in [4.78, 5) is 34.6. The van der Waals surface area contributed by atoms with Gasteiger partial charge < -0.3 is 10.2 Å². The van der Waals surface area contributed by atoms with E-state index in [2.05, 4.69) is 25.5 Å². The molecule has 2 N–H and O–H groups in total. The molecule has 2 amide bonds. The number of fused-ring (bicyclic) bond motifs is 1. The Hall–Kier alpha value is -3.30. The Bertz CT molecular complexity index is 1310. The lowest BCUT2D eigenvalue weighted by molar-refractivity contribution is -0.115. The quantitative estimate of drug-likeness (QED) is 0.486. The molecule has 0 atom stereocenters. The molecular weight excluding hydrogens is 465 g/mol. The van der Waals surface area contributed by atoms with Crippen molar-refractivity contribution in [1.29, 1.82) is 0 Å². The minimum atomic E-state index is -0.395. The minimum absolute atomic E-state index is 0.186.